The first kappa shape index (κ1) is 28.5. The summed E-state index contributed by atoms with van der Waals surface area (Å²) in [6.07, 6.45) is 1.87. The highest BCUT2D eigenvalue weighted by molar-refractivity contribution is 6.13. The number of nitrogens with zero attached hydrogens (tertiary/aromatic N) is 4. The Morgan fingerprint density at radius 3 is 2.69 bits per heavy atom. The fourth-order valence-electron chi connectivity index (χ4n) is 6.66. The van der Waals surface area contributed by atoms with Gasteiger partial charge >= 0.3 is 0 Å². The first-order valence-electron chi connectivity index (χ1n) is 14.3. The van der Waals surface area contributed by atoms with E-state index in [-0.39, 0.29) is 34.6 Å². The van der Waals surface area contributed by atoms with Gasteiger partial charge in [-0.1, -0.05) is 12.0 Å². The van der Waals surface area contributed by atoms with E-state index >= 15 is 4.39 Å². The van der Waals surface area contributed by atoms with Crippen LogP contribution in [0.1, 0.15) is 50.8 Å². The lowest BCUT2D eigenvalue weighted by Crippen LogP contribution is -2.60. The van der Waals surface area contributed by atoms with Crippen LogP contribution in [-0.4, -0.2) is 77.2 Å². The maximum Gasteiger partial charge on any atom is 0.229 e. The van der Waals surface area contributed by atoms with Crippen LogP contribution >= 0.6 is 0 Å². The standard InChI is InChI=1S/C32H35F2N5O3/c1-5-8-23-25-28(30-32(2,41)12-7-13-35-30)37-31(42-4)39(24-9-6-14-38(24)3)29(25)26(34)27(36-23)22-17-20(40)15-18-10-11-19(33)16-21(18)22/h10-11,15-17,24,30-31,35,40-41H,6-7,9,12-14H2,1-4H3/t24-,30?,31?,32?/m1/s1. The molecule has 6 rings (SSSR count). The number of aromatic hydroxyl groups is 1. The molecule has 4 atom stereocenters. The van der Waals surface area contributed by atoms with Gasteiger partial charge in [-0.3, -0.25) is 4.90 Å². The van der Waals surface area contributed by atoms with Crippen LogP contribution < -0.4 is 10.2 Å². The van der Waals surface area contributed by atoms with Crippen LogP contribution in [0.15, 0.2) is 35.3 Å². The minimum Gasteiger partial charge on any atom is -0.508 e. The maximum atomic E-state index is 17.4. The number of nitrogens with one attached hydrogen (secondary N) is 1. The van der Waals surface area contributed by atoms with Crippen molar-refractivity contribution in [2.45, 2.75) is 63.7 Å². The van der Waals surface area contributed by atoms with Gasteiger partial charge in [0.1, 0.15) is 23.0 Å². The number of aliphatic hydroxyl groups is 1. The number of hydrogen-bond donors (Lipinski definition) is 3. The Balaban J connectivity index is 1.70. The Labute approximate surface area is 244 Å². The summed E-state index contributed by atoms with van der Waals surface area (Å²) in [6.45, 7) is 4.90. The lowest BCUT2D eigenvalue weighted by molar-refractivity contribution is 0.0149. The smallest absolute Gasteiger partial charge is 0.229 e. The van der Waals surface area contributed by atoms with Crippen molar-refractivity contribution in [2.75, 3.05) is 32.1 Å². The number of anilines is 1. The Hall–Kier alpha value is -3.62. The minimum atomic E-state index is -1.16. The zero-order chi connectivity index (χ0) is 29.8. The van der Waals surface area contributed by atoms with Crippen molar-refractivity contribution in [1.29, 1.82) is 0 Å². The third-order valence-electron chi connectivity index (χ3n) is 8.63. The molecule has 8 nitrogen and oxygen atoms in total. The van der Waals surface area contributed by atoms with Crippen LogP contribution in [0.5, 0.6) is 5.75 Å². The van der Waals surface area contributed by atoms with E-state index in [1.54, 1.807) is 19.9 Å². The molecule has 0 amide bonds. The highest BCUT2D eigenvalue weighted by Gasteiger charge is 2.46. The molecule has 2 saturated heterocycles. The summed E-state index contributed by atoms with van der Waals surface area (Å²) in [4.78, 5) is 13.7. The summed E-state index contributed by atoms with van der Waals surface area (Å²) >= 11 is 0. The van der Waals surface area contributed by atoms with Gasteiger partial charge in [0.25, 0.3) is 0 Å². The lowest BCUT2D eigenvalue weighted by atomic mass is 9.81. The number of fused-ring (bicyclic) bond motifs is 2. The van der Waals surface area contributed by atoms with Gasteiger partial charge in [0.2, 0.25) is 6.35 Å². The number of aromatic nitrogens is 1. The Morgan fingerprint density at radius 1 is 1.19 bits per heavy atom. The third kappa shape index (κ3) is 4.71. The molecule has 220 valence electrons. The number of pyridine rings is 1. The van der Waals surface area contributed by atoms with Crippen molar-refractivity contribution in [1.82, 2.24) is 15.2 Å². The van der Waals surface area contributed by atoms with E-state index in [2.05, 4.69) is 22.1 Å². The molecule has 42 heavy (non-hydrogen) atoms. The summed E-state index contributed by atoms with van der Waals surface area (Å²) in [5.41, 5.74) is 0.329. The van der Waals surface area contributed by atoms with Gasteiger partial charge < -0.3 is 25.2 Å². The monoisotopic (exact) mass is 575 g/mol. The number of benzene rings is 2. The van der Waals surface area contributed by atoms with E-state index in [1.165, 1.54) is 31.4 Å². The second kappa shape index (κ2) is 10.9. The van der Waals surface area contributed by atoms with E-state index in [9.17, 15) is 14.6 Å². The number of ether oxygens (including phenoxy) is 1. The molecule has 1 aromatic heterocycles. The molecule has 0 spiro atoms. The molecular formula is C32H35F2N5O3. The summed E-state index contributed by atoms with van der Waals surface area (Å²) in [5, 5.41) is 26.4. The second-order valence-corrected chi connectivity index (χ2v) is 11.5. The van der Waals surface area contributed by atoms with Gasteiger partial charge in [0.05, 0.1) is 34.8 Å². The molecule has 0 saturated carbocycles. The average molecular weight is 576 g/mol. The molecule has 3 aromatic rings. The topological polar surface area (TPSA) is 93.5 Å². The van der Waals surface area contributed by atoms with Gasteiger partial charge in [-0.05, 0) is 101 Å². The number of likely N-dealkylation sites (tertiary alicyclic amines) is 1. The number of aliphatic imine (C=N–C) groups is 1. The van der Waals surface area contributed by atoms with Crippen molar-refractivity contribution in [3.05, 3.63) is 53.2 Å². The normalized spacial score (nSPS) is 26.1. The average Bonchev–Trinajstić information content (AvgIpc) is 3.38. The van der Waals surface area contributed by atoms with Crippen LogP contribution in [0, 0.1) is 23.5 Å². The van der Waals surface area contributed by atoms with Crippen molar-refractivity contribution >= 4 is 22.2 Å². The van der Waals surface area contributed by atoms with E-state index in [0.717, 1.165) is 25.8 Å². The van der Waals surface area contributed by atoms with Gasteiger partial charge in [0, 0.05) is 12.7 Å². The fourth-order valence-corrected chi connectivity index (χ4v) is 6.66. The zero-order valence-electron chi connectivity index (χ0n) is 24.2. The zero-order valence-corrected chi connectivity index (χ0v) is 24.2. The van der Waals surface area contributed by atoms with Crippen LogP contribution in [0.4, 0.5) is 14.5 Å². The van der Waals surface area contributed by atoms with Crippen molar-refractivity contribution in [3.8, 4) is 28.8 Å². The Morgan fingerprint density at radius 2 is 2.00 bits per heavy atom. The summed E-state index contributed by atoms with van der Waals surface area (Å²) < 4.78 is 37.7. The lowest BCUT2D eigenvalue weighted by Gasteiger charge is -2.46. The molecule has 3 aliphatic rings. The third-order valence-corrected chi connectivity index (χ3v) is 8.63. The van der Waals surface area contributed by atoms with E-state index in [1.807, 2.05) is 11.9 Å². The highest BCUT2D eigenvalue weighted by Crippen LogP contribution is 2.44. The number of phenols is 1. The van der Waals surface area contributed by atoms with E-state index < -0.39 is 29.6 Å². The van der Waals surface area contributed by atoms with Gasteiger partial charge in [-0.25, -0.2) is 18.8 Å². The first-order chi connectivity index (χ1) is 20.1. The molecule has 3 aliphatic heterocycles. The van der Waals surface area contributed by atoms with Gasteiger partial charge in [-0.2, -0.15) is 0 Å². The quantitative estimate of drug-likeness (QED) is 0.399. The largest absolute Gasteiger partial charge is 0.508 e. The van der Waals surface area contributed by atoms with Crippen molar-refractivity contribution < 1.29 is 23.7 Å². The first-order valence-corrected chi connectivity index (χ1v) is 14.3. The van der Waals surface area contributed by atoms with Crippen LogP contribution in [-0.2, 0) is 4.74 Å². The number of rotatable bonds is 4. The highest BCUT2D eigenvalue weighted by atomic mass is 19.1. The molecule has 3 N–H and O–H groups in total. The van der Waals surface area contributed by atoms with Crippen LogP contribution in [0.2, 0.25) is 0 Å². The summed E-state index contributed by atoms with van der Waals surface area (Å²) in [7, 11) is 3.51. The van der Waals surface area contributed by atoms with E-state index in [4.69, 9.17) is 14.7 Å². The SMILES string of the molecule is CC#Cc1nc(-c2cc(O)cc3ccc(F)cc23)c(F)c2c1C(C1NCCCC1(C)O)=NC(OC)N2[C@@H]1CCCN1C. The van der Waals surface area contributed by atoms with Gasteiger partial charge in [-0.15, -0.1) is 0 Å². The molecule has 10 heteroatoms. The molecule has 2 aromatic carbocycles. The number of halogens is 2. The molecule has 2 fully saturated rings. The predicted octanol–water partition coefficient (Wildman–Crippen LogP) is 4.35. The van der Waals surface area contributed by atoms with Gasteiger partial charge in [0.15, 0.2) is 5.82 Å². The number of hydrogen-bond acceptors (Lipinski definition) is 8. The second-order valence-electron chi connectivity index (χ2n) is 11.5. The molecular weight excluding hydrogens is 540 g/mol. The summed E-state index contributed by atoms with van der Waals surface area (Å²) in [6, 6.07) is 6.43. The molecule has 0 radical (unpaired) electrons. The number of piperidine rings is 1. The Bertz CT molecular complexity index is 1650. The summed E-state index contributed by atoms with van der Waals surface area (Å²) in [5.74, 6) is 4.72. The molecule has 0 aliphatic carbocycles. The van der Waals surface area contributed by atoms with E-state index in [0.29, 0.717) is 35.0 Å². The van der Waals surface area contributed by atoms with Crippen molar-refractivity contribution in [3.63, 3.8) is 0 Å². The molecule has 0 bridgehead atoms. The molecule has 4 heterocycles. The minimum absolute atomic E-state index is 0.0666. The van der Waals surface area contributed by atoms with Crippen molar-refractivity contribution in [2.24, 2.45) is 4.99 Å². The van der Waals surface area contributed by atoms with Crippen LogP contribution in [0.25, 0.3) is 22.0 Å². The molecule has 3 unspecified atom stereocenters. The Kier molecular flexibility index (Phi) is 7.39. The maximum absolute atomic E-state index is 17.4. The predicted molar refractivity (Wildman–Crippen MR) is 158 cm³/mol. The number of phenolic OH excluding ortho intramolecular Hbond substituents is 1. The fraction of sp³-hybridized carbons (Fsp3) is 0.438. The van der Waals surface area contributed by atoms with Crippen LogP contribution in [0.3, 0.4) is 0 Å². The number of methoxy groups -OCH3 is 1.